The molecule has 0 aromatic heterocycles. The maximum absolute atomic E-state index is 11.6. The van der Waals surface area contributed by atoms with Crippen LogP contribution in [0.3, 0.4) is 0 Å². The molecular formula is C9H17O5P. The second-order valence-electron chi connectivity index (χ2n) is 3.51. The van der Waals surface area contributed by atoms with E-state index in [1.165, 1.54) is 14.2 Å². The second-order valence-corrected chi connectivity index (χ2v) is 5.78. The van der Waals surface area contributed by atoms with E-state index in [1.807, 2.05) is 0 Å². The number of carbonyl (C=O) groups is 1. The summed E-state index contributed by atoms with van der Waals surface area (Å²) in [6, 6.07) is 0. The molecule has 6 heteroatoms. The van der Waals surface area contributed by atoms with Gasteiger partial charge in [-0.25, -0.2) is 0 Å². The fraction of sp³-hybridized carbons (Fsp3) is 0.889. The summed E-state index contributed by atoms with van der Waals surface area (Å²) in [4.78, 5) is 11.5. The van der Waals surface area contributed by atoms with E-state index >= 15 is 0 Å². The number of Topliss-reactive ketones (excluding diaryl/α,β-unsaturated/α-hetero) is 1. The third-order valence-electron chi connectivity index (χ3n) is 2.41. The minimum absolute atomic E-state index is 0.0142. The van der Waals surface area contributed by atoms with Crippen LogP contribution in [0.5, 0.6) is 0 Å². The van der Waals surface area contributed by atoms with Gasteiger partial charge in [-0.15, -0.1) is 0 Å². The minimum Gasteiger partial charge on any atom is -0.378 e. The highest BCUT2D eigenvalue weighted by atomic mass is 31.2. The third-order valence-corrected chi connectivity index (χ3v) is 4.26. The first-order chi connectivity index (χ1) is 7.09. The SMILES string of the molecule is COP(=O)(CC(=O)CC1CCCO1)OC. The van der Waals surface area contributed by atoms with Gasteiger partial charge in [0.05, 0.1) is 6.10 Å². The van der Waals surface area contributed by atoms with Crippen LogP contribution >= 0.6 is 7.60 Å². The molecular weight excluding hydrogens is 219 g/mol. The normalized spacial score (nSPS) is 21.9. The van der Waals surface area contributed by atoms with Crippen LogP contribution < -0.4 is 0 Å². The molecule has 1 aliphatic rings. The summed E-state index contributed by atoms with van der Waals surface area (Å²) in [5.41, 5.74) is 0. The predicted molar refractivity (Wildman–Crippen MR) is 55.1 cm³/mol. The molecule has 1 saturated heterocycles. The summed E-state index contributed by atoms with van der Waals surface area (Å²) in [6.45, 7) is 0.712. The summed E-state index contributed by atoms with van der Waals surface area (Å²) < 4.78 is 26.3. The van der Waals surface area contributed by atoms with Crippen LogP contribution in [-0.4, -0.2) is 38.9 Å². The summed E-state index contributed by atoms with van der Waals surface area (Å²) in [7, 11) is -0.636. The van der Waals surface area contributed by atoms with E-state index < -0.39 is 7.60 Å². The van der Waals surface area contributed by atoms with E-state index in [9.17, 15) is 9.36 Å². The van der Waals surface area contributed by atoms with Crippen molar-refractivity contribution < 1.29 is 23.1 Å². The lowest BCUT2D eigenvalue weighted by molar-refractivity contribution is -0.119. The Bertz CT molecular complexity index is 251. The van der Waals surface area contributed by atoms with E-state index in [-0.39, 0.29) is 18.0 Å². The maximum Gasteiger partial charge on any atom is 0.337 e. The lowest BCUT2D eigenvalue weighted by atomic mass is 10.1. The number of carbonyl (C=O) groups excluding carboxylic acids is 1. The highest BCUT2D eigenvalue weighted by Gasteiger charge is 2.28. The Labute approximate surface area is 89.6 Å². The molecule has 0 amide bonds. The molecule has 0 saturated carbocycles. The first-order valence-corrected chi connectivity index (χ1v) is 6.66. The number of hydrogen-bond donors (Lipinski definition) is 0. The van der Waals surface area contributed by atoms with Crippen molar-refractivity contribution in [2.45, 2.75) is 25.4 Å². The van der Waals surface area contributed by atoms with Gasteiger partial charge in [0, 0.05) is 27.2 Å². The van der Waals surface area contributed by atoms with E-state index in [0.717, 1.165) is 12.8 Å². The van der Waals surface area contributed by atoms with E-state index in [0.29, 0.717) is 13.0 Å². The zero-order valence-corrected chi connectivity index (χ0v) is 10.00. The average molecular weight is 236 g/mol. The summed E-state index contributed by atoms with van der Waals surface area (Å²) >= 11 is 0. The van der Waals surface area contributed by atoms with Crippen molar-refractivity contribution in [3.63, 3.8) is 0 Å². The Kier molecular flexibility index (Phi) is 4.93. The van der Waals surface area contributed by atoms with Crippen molar-refractivity contribution in [1.82, 2.24) is 0 Å². The quantitative estimate of drug-likeness (QED) is 0.655. The molecule has 88 valence electrons. The predicted octanol–water partition coefficient (Wildman–Crippen LogP) is 1.61. The fourth-order valence-corrected chi connectivity index (χ4v) is 2.51. The van der Waals surface area contributed by atoms with Crippen molar-refractivity contribution in [2.24, 2.45) is 0 Å². The van der Waals surface area contributed by atoms with Crippen LogP contribution in [0.1, 0.15) is 19.3 Å². The van der Waals surface area contributed by atoms with Crippen molar-refractivity contribution in [1.29, 1.82) is 0 Å². The lowest BCUT2D eigenvalue weighted by Gasteiger charge is -2.14. The van der Waals surface area contributed by atoms with Crippen molar-refractivity contribution >= 4 is 13.4 Å². The van der Waals surface area contributed by atoms with Crippen molar-refractivity contribution in [2.75, 3.05) is 27.0 Å². The molecule has 0 radical (unpaired) electrons. The second kappa shape index (κ2) is 5.75. The fourth-order valence-electron chi connectivity index (χ4n) is 1.54. The molecule has 0 spiro atoms. The van der Waals surface area contributed by atoms with Crippen LogP contribution in [0.15, 0.2) is 0 Å². The van der Waals surface area contributed by atoms with Gasteiger partial charge >= 0.3 is 7.60 Å². The monoisotopic (exact) mass is 236 g/mol. The highest BCUT2D eigenvalue weighted by Crippen LogP contribution is 2.46. The van der Waals surface area contributed by atoms with Gasteiger partial charge in [0.2, 0.25) is 0 Å². The Hall–Kier alpha value is -0.220. The lowest BCUT2D eigenvalue weighted by Crippen LogP contribution is -2.16. The molecule has 0 aromatic carbocycles. The van der Waals surface area contributed by atoms with Gasteiger partial charge < -0.3 is 13.8 Å². The molecule has 0 aliphatic carbocycles. The molecule has 1 rings (SSSR count). The summed E-state index contributed by atoms with van der Waals surface area (Å²) in [5, 5.41) is 0. The largest absolute Gasteiger partial charge is 0.378 e. The molecule has 1 heterocycles. The van der Waals surface area contributed by atoms with E-state index in [2.05, 4.69) is 0 Å². The number of ketones is 1. The Morgan fingerprint density at radius 2 is 2.13 bits per heavy atom. The van der Waals surface area contributed by atoms with Crippen LogP contribution in [0.25, 0.3) is 0 Å². The molecule has 1 atom stereocenters. The van der Waals surface area contributed by atoms with Gasteiger partial charge in [-0.05, 0) is 12.8 Å². The van der Waals surface area contributed by atoms with Crippen LogP contribution in [0, 0.1) is 0 Å². The molecule has 0 aromatic rings. The smallest absolute Gasteiger partial charge is 0.337 e. The Balaban J connectivity index is 2.37. The van der Waals surface area contributed by atoms with E-state index in [1.54, 1.807) is 0 Å². The van der Waals surface area contributed by atoms with Gasteiger partial charge in [-0.3, -0.25) is 9.36 Å². The maximum atomic E-state index is 11.6. The molecule has 1 aliphatic heterocycles. The van der Waals surface area contributed by atoms with Crippen molar-refractivity contribution in [3.8, 4) is 0 Å². The highest BCUT2D eigenvalue weighted by molar-refractivity contribution is 7.54. The number of hydrogen-bond acceptors (Lipinski definition) is 5. The van der Waals surface area contributed by atoms with Gasteiger partial charge in [-0.2, -0.15) is 0 Å². The third kappa shape index (κ3) is 4.03. The van der Waals surface area contributed by atoms with Crippen LogP contribution in [-0.2, 0) is 23.1 Å². The molecule has 0 bridgehead atoms. The number of ether oxygens (including phenoxy) is 1. The molecule has 1 fully saturated rings. The topological polar surface area (TPSA) is 61.8 Å². The Morgan fingerprint density at radius 3 is 2.60 bits per heavy atom. The van der Waals surface area contributed by atoms with Gasteiger partial charge in [0.1, 0.15) is 11.9 Å². The summed E-state index contributed by atoms with van der Waals surface area (Å²) in [5.74, 6) is -0.131. The molecule has 1 unspecified atom stereocenters. The zero-order chi connectivity index (χ0) is 11.3. The van der Waals surface area contributed by atoms with Gasteiger partial charge in [0.25, 0.3) is 0 Å². The van der Waals surface area contributed by atoms with E-state index in [4.69, 9.17) is 13.8 Å². The average Bonchev–Trinajstić information content (AvgIpc) is 2.70. The Morgan fingerprint density at radius 1 is 1.47 bits per heavy atom. The summed E-state index contributed by atoms with van der Waals surface area (Å²) in [6.07, 6.45) is 2.01. The first-order valence-electron chi connectivity index (χ1n) is 4.93. The molecule has 0 N–H and O–H groups in total. The van der Waals surface area contributed by atoms with Gasteiger partial charge in [0.15, 0.2) is 0 Å². The standard InChI is InChI=1S/C9H17O5P/c1-12-15(11,13-2)7-8(10)6-9-4-3-5-14-9/h9H,3-7H2,1-2H3. The molecule has 5 nitrogen and oxygen atoms in total. The molecule has 15 heavy (non-hydrogen) atoms. The van der Waals surface area contributed by atoms with Crippen LogP contribution in [0.2, 0.25) is 0 Å². The van der Waals surface area contributed by atoms with Crippen LogP contribution in [0.4, 0.5) is 0 Å². The minimum atomic E-state index is -3.20. The number of rotatable bonds is 6. The zero-order valence-electron chi connectivity index (χ0n) is 9.10. The van der Waals surface area contributed by atoms with Crippen molar-refractivity contribution in [3.05, 3.63) is 0 Å². The van der Waals surface area contributed by atoms with Gasteiger partial charge in [-0.1, -0.05) is 0 Å². The first kappa shape index (κ1) is 12.8.